The van der Waals surface area contributed by atoms with E-state index in [2.05, 4.69) is 20.6 Å². The van der Waals surface area contributed by atoms with Crippen LogP contribution in [0.5, 0.6) is 0 Å². The summed E-state index contributed by atoms with van der Waals surface area (Å²) in [6.45, 7) is 1.99. The summed E-state index contributed by atoms with van der Waals surface area (Å²) in [7, 11) is 0. The van der Waals surface area contributed by atoms with E-state index in [0.717, 1.165) is 12.1 Å². The second kappa shape index (κ2) is 7.21. The van der Waals surface area contributed by atoms with Crippen LogP contribution in [0.4, 0.5) is 30.6 Å². The topological polar surface area (TPSA) is 49.8 Å². The van der Waals surface area contributed by atoms with Gasteiger partial charge in [-0.15, -0.1) is 0 Å². The minimum Gasteiger partial charge on any atom is -0.350 e. The van der Waals surface area contributed by atoms with Crippen LogP contribution in [0.3, 0.4) is 0 Å². The molecule has 0 aliphatic carbocycles. The second-order valence-electron chi connectivity index (χ2n) is 5.42. The molecule has 4 nitrogen and oxygen atoms in total. The summed E-state index contributed by atoms with van der Waals surface area (Å²) in [5.41, 5.74) is 1.51. The van der Waals surface area contributed by atoms with Gasteiger partial charge in [0.05, 0.1) is 0 Å². The number of aromatic nitrogens is 2. The molecule has 0 atom stereocenters. The lowest BCUT2D eigenvalue weighted by Gasteiger charge is -2.10. The summed E-state index contributed by atoms with van der Waals surface area (Å²) in [5, 5.41) is 5.84. The lowest BCUT2D eigenvalue weighted by Crippen LogP contribution is -2.07. The summed E-state index contributed by atoms with van der Waals surface area (Å²) in [6.07, 6.45) is 0. The minimum atomic E-state index is -0.950. The molecule has 2 aromatic carbocycles. The maximum atomic E-state index is 13.6. The highest BCUT2D eigenvalue weighted by Gasteiger charge is 2.07. The summed E-state index contributed by atoms with van der Waals surface area (Å²) in [5.74, 6) is -1.48. The molecule has 1 heterocycles. The summed E-state index contributed by atoms with van der Waals surface area (Å²) >= 11 is 0. The molecule has 0 unspecified atom stereocenters. The first-order valence-corrected chi connectivity index (χ1v) is 7.56. The van der Waals surface area contributed by atoms with Gasteiger partial charge in [-0.3, -0.25) is 0 Å². The first kappa shape index (κ1) is 16.8. The number of nitrogens with one attached hydrogen (secondary N) is 2. The molecule has 3 rings (SSSR count). The molecule has 0 saturated carbocycles. The van der Waals surface area contributed by atoms with Crippen LogP contribution in [0.1, 0.15) is 11.3 Å². The highest BCUT2D eigenvalue weighted by Crippen LogP contribution is 2.19. The quantitative estimate of drug-likeness (QED) is 0.712. The van der Waals surface area contributed by atoms with Crippen LogP contribution >= 0.6 is 0 Å². The number of aryl methyl sites for hydroxylation is 1. The first-order valence-electron chi connectivity index (χ1n) is 7.56. The molecule has 3 aromatic rings. The smallest absolute Gasteiger partial charge is 0.225 e. The Morgan fingerprint density at radius 3 is 2.44 bits per heavy atom. The van der Waals surface area contributed by atoms with Crippen LogP contribution in [0.2, 0.25) is 0 Å². The Bertz CT molecular complexity index is 899. The van der Waals surface area contributed by atoms with Crippen LogP contribution in [-0.4, -0.2) is 9.97 Å². The molecule has 0 aliphatic rings. The molecule has 0 aliphatic heterocycles. The van der Waals surface area contributed by atoms with Gasteiger partial charge in [0.1, 0.15) is 11.6 Å². The van der Waals surface area contributed by atoms with Crippen molar-refractivity contribution in [1.29, 1.82) is 0 Å². The fourth-order valence-electron chi connectivity index (χ4n) is 2.25. The van der Waals surface area contributed by atoms with Gasteiger partial charge in [0, 0.05) is 35.6 Å². The zero-order chi connectivity index (χ0) is 17.8. The van der Waals surface area contributed by atoms with Crippen LogP contribution in [0, 0.1) is 24.4 Å². The number of halogens is 3. The third-order valence-corrected chi connectivity index (χ3v) is 3.44. The van der Waals surface area contributed by atoms with Gasteiger partial charge in [-0.1, -0.05) is 18.2 Å². The van der Waals surface area contributed by atoms with Crippen molar-refractivity contribution in [2.45, 2.75) is 13.5 Å². The largest absolute Gasteiger partial charge is 0.350 e. The molecule has 25 heavy (non-hydrogen) atoms. The molecule has 2 N–H and O–H groups in total. The lowest BCUT2D eigenvalue weighted by molar-refractivity contribution is 0.509. The fourth-order valence-corrected chi connectivity index (χ4v) is 2.25. The van der Waals surface area contributed by atoms with Crippen LogP contribution < -0.4 is 10.6 Å². The van der Waals surface area contributed by atoms with E-state index in [1.54, 1.807) is 31.2 Å². The zero-order valence-electron chi connectivity index (χ0n) is 13.4. The predicted octanol–water partition coefficient (Wildman–Crippen LogP) is 4.56. The maximum Gasteiger partial charge on any atom is 0.225 e. The zero-order valence-corrected chi connectivity index (χ0v) is 13.4. The Morgan fingerprint density at radius 2 is 1.68 bits per heavy atom. The number of benzene rings is 2. The van der Waals surface area contributed by atoms with Crippen molar-refractivity contribution < 1.29 is 13.2 Å². The lowest BCUT2D eigenvalue weighted by atomic mass is 10.2. The fraction of sp³-hybridized carbons (Fsp3) is 0.111. The van der Waals surface area contributed by atoms with Crippen molar-refractivity contribution >= 4 is 17.5 Å². The summed E-state index contributed by atoms with van der Waals surface area (Å²) in [4.78, 5) is 8.49. The molecule has 0 amide bonds. The first-order chi connectivity index (χ1) is 12.0. The number of anilines is 3. The summed E-state index contributed by atoms with van der Waals surface area (Å²) in [6, 6.07) is 11.5. The average Bonchev–Trinajstić information content (AvgIpc) is 2.57. The van der Waals surface area contributed by atoms with E-state index in [1.165, 1.54) is 12.1 Å². The van der Waals surface area contributed by atoms with Crippen molar-refractivity contribution in [1.82, 2.24) is 9.97 Å². The van der Waals surface area contributed by atoms with E-state index in [9.17, 15) is 13.2 Å². The average molecular weight is 344 g/mol. The highest BCUT2D eigenvalue weighted by atomic mass is 19.2. The molecule has 7 heteroatoms. The van der Waals surface area contributed by atoms with Crippen LogP contribution in [0.15, 0.2) is 48.5 Å². The van der Waals surface area contributed by atoms with Gasteiger partial charge >= 0.3 is 0 Å². The van der Waals surface area contributed by atoms with Gasteiger partial charge in [-0.2, -0.15) is 4.98 Å². The molecule has 128 valence electrons. The van der Waals surface area contributed by atoms with E-state index in [0.29, 0.717) is 28.7 Å². The van der Waals surface area contributed by atoms with Crippen molar-refractivity contribution in [3.8, 4) is 0 Å². The third kappa shape index (κ3) is 4.26. The SMILES string of the molecule is Cc1cc(Nc2ccc(F)c(F)c2)nc(NCc2ccccc2F)n1. The Kier molecular flexibility index (Phi) is 4.83. The Balaban J connectivity index is 1.76. The van der Waals surface area contributed by atoms with Crippen molar-refractivity contribution in [2.24, 2.45) is 0 Å². The summed E-state index contributed by atoms with van der Waals surface area (Å²) < 4.78 is 39.9. The van der Waals surface area contributed by atoms with Gasteiger partial charge < -0.3 is 10.6 Å². The Hall–Kier alpha value is -3.09. The van der Waals surface area contributed by atoms with Gasteiger partial charge in [0.25, 0.3) is 0 Å². The van der Waals surface area contributed by atoms with Gasteiger partial charge in [-0.25, -0.2) is 18.2 Å². The van der Waals surface area contributed by atoms with E-state index in [-0.39, 0.29) is 12.4 Å². The second-order valence-corrected chi connectivity index (χ2v) is 5.42. The molecular formula is C18H15F3N4. The molecule has 0 fully saturated rings. The Labute approximate surface area is 142 Å². The monoisotopic (exact) mass is 344 g/mol. The van der Waals surface area contributed by atoms with Gasteiger partial charge in [0.2, 0.25) is 5.95 Å². The molecule has 0 saturated heterocycles. The van der Waals surface area contributed by atoms with Crippen molar-refractivity contribution in [3.05, 3.63) is 77.2 Å². The normalized spacial score (nSPS) is 10.6. The van der Waals surface area contributed by atoms with Gasteiger partial charge in [0.15, 0.2) is 11.6 Å². The van der Waals surface area contributed by atoms with E-state index >= 15 is 0 Å². The standard InChI is InChI=1S/C18H15F3N4/c1-11-8-17(24-13-6-7-15(20)16(21)9-13)25-18(23-11)22-10-12-4-2-3-5-14(12)19/h2-9H,10H2,1H3,(H2,22,23,24,25). The molecule has 0 spiro atoms. The van der Waals surface area contributed by atoms with E-state index < -0.39 is 11.6 Å². The highest BCUT2D eigenvalue weighted by molar-refractivity contribution is 5.57. The molecule has 1 aromatic heterocycles. The molecular weight excluding hydrogens is 329 g/mol. The van der Waals surface area contributed by atoms with E-state index in [4.69, 9.17) is 0 Å². The van der Waals surface area contributed by atoms with Crippen molar-refractivity contribution in [2.75, 3.05) is 10.6 Å². The number of hydrogen-bond donors (Lipinski definition) is 2. The van der Waals surface area contributed by atoms with E-state index in [1.807, 2.05) is 0 Å². The number of rotatable bonds is 5. The molecule has 0 radical (unpaired) electrons. The predicted molar refractivity (Wildman–Crippen MR) is 90.1 cm³/mol. The van der Waals surface area contributed by atoms with Gasteiger partial charge in [-0.05, 0) is 25.1 Å². The third-order valence-electron chi connectivity index (χ3n) is 3.44. The van der Waals surface area contributed by atoms with Crippen molar-refractivity contribution in [3.63, 3.8) is 0 Å². The minimum absolute atomic E-state index is 0.223. The van der Waals surface area contributed by atoms with Crippen LogP contribution in [-0.2, 0) is 6.54 Å². The Morgan fingerprint density at radius 1 is 0.880 bits per heavy atom. The number of hydrogen-bond acceptors (Lipinski definition) is 4. The number of nitrogens with zero attached hydrogens (tertiary/aromatic N) is 2. The molecule has 0 bridgehead atoms. The van der Waals surface area contributed by atoms with Crippen LogP contribution in [0.25, 0.3) is 0 Å². The maximum absolute atomic E-state index is 13.6.